The molecule has 16 heavy (non-hydrogen) atoms. The van der Waals surface area contributed by atoms with Crippen LogP contribution in [-0.4, -0.2) is 31.3 Å². The van der Waals surface area contributed by atoms with Gasteiger partial charge < -0.3 is 5.11 Å². The lowest BCUT2D eigenvalue weighted by molar-refractivity contribution is -0.140. The van der Waals surface area contributed by atoms with Crippen LogP contribution in [0.5, 0.6) is 0 Å². The molecule has 0 aromatic heterocycles. The molecule has 0 saturated heterocycles. The minimum absolute atomic E-state index is 0.0868. The summed E-state index contributed by atoms with van der Waals surface area (Å²) in [7, 11) is -3.56. The van der Waals surface area contributed by atoms with Gasteiger partial charge in [0.25, 0.3) is 0 Å². The molecule has 5 nitrogen and oxygen atoms in total. The van der Waals surface area contributed by atoms with E-state index in [9.17, 15) is 13.2 Å². The van der Waals surface area contributed by atoms with E-state index in [1.807, 2.05) is 0 Å². The first-order chi connectivity index (χ1) is 6.94. The molecule has 0 aromatic carbocycles. The summed E-state index contributed by atoms with van der Waals surface area (Å²) in [6.45, 7) is 8.70. The highest BCUT2D eigenvalue weighted by atomic mass is 32.2. The summed E-state index contributed by atoms with van der Waals surface area (Å²) in [5.41, 5.74) is -0.397. The molecule has 0 rings (SSSR count). The van der Waals surface area contributed by atoms with E-state index < -0.39 is 27.4 Å². The molecule has 0 aliphatic heterocycles. The lowest BCUT2D eigenvalue weighted by Gasteiger charge is -2.22. The van der Waals surface area contributed by atoms with Gasteiger partial charge in [-0.05, 0) is 11.3 Å². The Balaban J connectivity index is 4.75. The molecule has 96 valence electrons. The maximum Gasteiger partial charge on any atom is 0.321 e. The summed E-state index contributed by atoms with van der Waals surface area (Å²) >= 11 is 0. The molecule has 0 spiro atoms. The molecule has 0 radical (unpaired) electrons. The Morgan fingerprint density at radius 2 is 1.75 bits per heavy atom. The summed E-state index contributed by atoms with van der Waals surface area (Å²) in [5.74, 6) is -1.52. The fourth-order valence-corrected chi connectivity index (χ4v) is 3.26. The number of carboxylic acid groups (broad SMARTS) is 1. The van der Waals surface area contributed by atoms with E-state index in [0.29, 0.717) is 0 Å². The fourth-order valence-electron chi connectivity index (χ4n) is 1.28. The number of carboxylic acids is 1. The predicted octanol–water partition coefficient (Wildman–Crippen LogP) is 1.06. The van der Waals surface area contributed by atoms with Crippen molar-refractivity contribution in [1.29, 1.82) is 0 Å². The van der Waals surface area contributed by atoms with Gasteiger partial charge in [-0.2, -0.15) is 0 Å². The number of sulfonamides is 1. The summed E-state index contributed by atoms with van der Waals surface area (Å²) < 4.78 is 25.6. The van der Waals surface area contributed by atoms with Crippen molar-refractivity contribution in [2.75, 3.05) is 5.75 Å². The first-order valence-electron chi connectivity index (χ1n) is 5.17. The highest BCUT2D eigenvalue weighted by Gasteiger charge is 2.29. The molecular formula is C10H21NO4S. The van der Waals surface area contributed by atoms with Gasteiger partial charge in [-0.25, -0.2) is 13.1 Å². The van der Waals surface area contributed by atoms with Crippen LogP contribution in [0, 0.1) is 11.3 Å². The predicted molar refractivity (Wildman–Crippen MR) is 62.6 cm³/mol. The van der Waals surface area contributed by atoms with Crippen LogP contribution in [0.15, 0.2) is 0 Å². The molecule has 0 bridgehead atoms. The third-order valence-corrected chi connectivity index (χ3v) is 3.72. The fraction of sp³-hybridized carbons (Fsp3) is 0.900. The Morgan fingerprint density at radius 1 is 1.31 bits per heavy atom. The highest BCUT2D eigenvalue weighted by molar-refractivity contribution is 7.89. The standard InChI is InChI=1S/C10H21NO4S/c1-7(2)8(9(12)13)11-16(14,15)6-10(3,4)5/h7-8,11H,6H2,1-5H3,(H,12,13)/t8-/m0/s1. The van der Waals surface area contributed by atoms with Gasteiger partial charge in [0, 0.05) is 0 Å². The smallest absolute Gasteiger partial charge is 0.321 e. The molecule has 0 unspecified atom stereocenters. The van der Waals surface area contributed by atoms with Gasteiger partial charge in [0.05, 0.1) is 5.75 Å². The van der Waals surface area contributed by atoms with Gasteiger partial charge in [-0.3, -0.25) is 4.79 Å². The van der Waals surface area contributed by atoms with Crippen molar-refractivity contribution in [1.82, 2.24) is 4.72 Å². The van der Waals surface area contributed by atoms with E-state index in [0.717, 1.165) is 0 Å². The maximum absolute atomic E-state index is 11.7. The number of nitrogens with one attached hydrogen (secondary N) is 1. The van der Waals surface area contributed by atoms with Crippen LogP contribution in [0.1, 0.15) is 34.6 Å². The Morgan fingerprint density at radius 3 is 2.00 bits per heavy atom. The molecule has 6 heteroatoms. The van der Waals surface area contributed by atoms with Crippen LogP contribution in [0.3, 0.4) is 0 Å². The van der Waals surface area contributed by atoms with Gasteiger partial charge in [0.15, 0.2) is 0 Å². The number of aliphatic carboxylic acids is 1. The second-order valence-electron chi connectivity index (χ2n) is 5.50. The van der Waals surface area contributed by atoms with Crippen molar-refractivity contribution in [2.45, 2.75) is 40.7 Å². The Bertz CT molecular complexity index is 340. The number of rotatable bonds is 5. The summed E-state index contributed by atoms with van der Waals surface area (Å²) in [4.78, 5) is 10.9. The number of carbonyl (C=O) groups is 1. The van der Waals surface area contributed by atoms with Crippen LogP contribution in [-0.2, 0) is 14.8 Å². The van der Waals surface area contributed by atoms with Crippen LogP contribution in [0.4, 0.5) is 0 Å². The average Bonchev–Trinajstić information content (AvgIpc) is 1.94. The van der Waals surface area contributed by atoms with Crippen molar-refractivity contribution in [2.24, 2.45) is 11.3 Å². The minimum Gasteiger partial charge on any atom is -0.480 e. The van der Waals surface area contributed by atoms with Crippen molar-refractivity contribution in [3.05, 3.63) is 0 Å². The molecule has 0 aliphatic rings. The summed E-state index contributed by atoms with van der Waals surface area (Å²) in [6.07, 6.45) is 0. The van der Waals surface area contributed by atoms with Gasteiger partial charge >= 0.3 is 5.97 Å². The quantitative estimate of drug-likeness (QED) is 0.765. The second-order valence-corrected chi connectivity index (χ2v) is 7.25. The van der Waals surface area contributed by atoms with E-state index in [2.05, 4.69) is 4.72 Å². The van der Waals surface area contributed by atoms with E-state index in [-0.39, 0.29) is 11.7 Å². The first kappa shape index (κ1) is 15.4. The SMILES string of the molecule is CC(C)[C@H](NS(=O)(=O)CC(C)(C)C)C(=O)O. The zero-order valence-electron chi connectivity index (χ0n) is 10.4. The Kier molecular flexibility index (Phi) is 4.94. The molecule has 0 amide bonds. The molecule has 0 fully saturated rings. The van der Waals surface area contributed by atoms with Crippen LogP contribution in [0.2, 0.25) is 0 Å². The maximum atomic E-state index is 11.7. The van der Waals surface area contributed by atoms with E-state index in [1.54, 1.807) is 34.6 Å². The van der Waals surface area contributed by atoms with E-state index in [1.165, 1.54) is 0 Å². The molecule has 0 heterocycles. The minimum atomic E-state index is -3.56. The zero-order chi connectivity index (χ0) is 13.1. The zero-order valence-corrected chi connectivity index (χ0v) is 11.3. The third kappa shape index (κ3) is 6.07. The van der Waals surface area contributed by atoms with Crippen LogP contribution in [0.25, 0.3) is 0 Å². The number of hydrogen-bond donors (Lipinski definition) is 2. The monoisotopic (exact) mass is 251 g/mol. The van der Waals surface area contributed by atoms with E-state index in [4.69, 9.17) is 5.11 Å². The lowest BCUT2D eigenvalue weighted by Crippen LogP contribution is -2.46. The third-order valence-electron chi connectivity index (χ3n) is 1.86. The first-order valence-corrected chi connectivity index (χ1v) is 6.83. The van der Waals surface area contributed by atoms with Gasteiger partial charge in [0.1, 0.15) is 6.04 Å². The lowest BCUT2D eigenvalue weighted by atomic mass is 10.0. The largest absolute Gasteiger partial charge is 0.480 e. The second kappa shape index (κ2) is 5.14. The number of hydrogen-bond acceptors (Lipinski definition) is 3. The van der Waals surface area contributed by atoms with Crippen molar-refractivity contribution < 1.29 is 18.3 Å². The normalized spacial score (nSPS) is 15.1. The average molecular weight is 251 g/mol. The molecule has 0 saturated carbocycles. The topological polar surface area (TPSA) is 83.5 Å². The highest BCUT2D eigenvalue weighted by Crippen LogP contribution is 2.16. The van der Waals surface area contributed by atoms with Gasteiger partial charge in [0.2, 0.25) is 10.0 Å². The van der Waals surface area contributed by atoms with Crippen LogP contribution < -0.4 is 4.72 Å². The van der Waals surface area contributed by atoms with E-state index >= 15 is 0 Å². The van der Waals surface area contributed by atoms with Crippen molar-refractivity contribution in [3.63, 3.8) is 0 Å². The molecule has 0 aromatic rings. The van der Waals surface area contributed by atoms with Gasteiger partial charge in [-0.1, -0.05) is 34.6 Å². The molecule has 2 N–H and O–H groups in total. The Labute approximate surface area is 97.3 Å². The summed E-state index contributed by atoms with van der Waals surface area (Å²) in [6, 6.07) is -1.06. The summed E-state index contributed by atoms with van der Waals surface area (Å²) in [5, 5.41) is 8.88. The Hall–Kier alpha value is -0.620. The van der Waals surface area contributed by atoms with Crippen molar-refractivity contribution in [3.8, 4) is 0 Å². The van der Waals surface area contributed by atoms with Crippen LogP contribution >= 0.6 is 0 Å². The molecule has 1 atom stereocenters. The van der Waals surface area contributed by atoms with Gasteiger partial charge in [-0.15, -0.1) is 0 Å². The van der Waals surface area contributed by atoms with Crippen molar-refractivity contribution >= 4 is 16.0 Å². The molecular weight excluding hydrogens is 230 g/mol. The molecule has 0 aliphatic carbocycles.